The Labute approximate surface area is 102 Å². The molecule has 0 aromatic carbocycles. The van der Waals surface area contributed by atoms with Crippen LogP contribution in [0.1, 0.15) is 31.2 Å². The monoisotopic (exact) mass is 235 g/mol. The molecular formula is C13H21N3O. The van der Waals surface area contributed by atoms with Gasteiger partial charge in [-0.15, -0.1) is 0 Å². The van der Waals surface area contributed by atoms with Crippen LogP contribution in [-0.4, -0.2) is 34.2 Å². The second-order valence-corrected chi connectivity index (χ2v) is 5.20. The van der Waals surface area contributed by atoms with E-state index >= 15 is 0 Å². The van der Waals surface area contributed by atoms with Crippen LogP contribution in [0.25, 0.3) is 0 Å². The number of hydrogen-bond acceptors (Lipinski definition) is 4. The summed E-state index contributed by atoms with van der Waals surface area (Å²) in [6.07, 6.45) is 5.95. The largest absolute Gasteiger partial charge is 0.389 e. The minimum absolute atomic E-state index is 0.476. The van der Waals surface area contributed by atoms with Gasteiger partial charge < -0.3 is 10.8 Å². The van der Waals surface area contributed by atoms with Crippen LogP contribution in [0.3, 0.4) is 0 Å². The summed E-state index contributed by atoms with van der Waals surface area (Å²) in [6, 6.07) is 3.80. The standard InChI is InChI=1S/C13H21N3O/c1-16(10-13(17)6-2-3-7-13)9-11-4-5-12(14)15-8-11/h4-5,8,17H,2-3,6-7,9-10H2,1H3,(H2,14,15). The molecule has 0 spiro atoms. The van der Waals surface area contributed by atoms with E-state index < -0.39 is 5.60 Å². The van der Waals surface area contributed by atoms with E-state index in [2.05, 4.69) is 9.88 Å². The van der Waals surface area contributed by atoms with Gasteiger partial charge in [0.1, 0.15) is 5.82 Å². The van der Waals surface area contributed by atoms with Crippen molar-refractivity contribution in [2.75, 3.05) is 19.3 Å². The van der Waals surface area contributed by atoms with Crippen molar-refractivity contribution in [2.24, 2.45) is 0 Å². The Morgan fingerprint density at radius 2 is 2.12 bits per heavy atom. The number of hydrogen-bond donors (Lipinski definition) is 2. The van der Waals surface area contributed by atoms with Crippen molar-refractivity contribution in [1.29, 1.82) is 0 Å². The summed E-state index contributed by atoms with van der Waals surface area (Å²) < 4.78 is 0. The van der Waals surface area contributed by atoms with Crippen LogP contribution in [0.5, 0.6) is 0 Å². The van der Waals surface area contributed by atoms with Crippen molar-refractivity contribution in [3.63, 3.8) is 0 Å². The quantitative estimate of drug-likeness (QED) is 0.828. The van der Waals surface area contributed by atoms with Crippen molar-refractivity contribution in [1.82, 2.24) is 9.88 Å². The van der Waals surface area contributed by atoms with Crippen molar-refractivity contribution < 1.29 is 5.11 Å². The molecule has 3 N–H and O–H groups in total. The smallest absolute Gasteiger partial charge is 0.123 e. The zero-order valence-corrected chi connectivity index (χ0v) is 10.4. The second kappa shape index (κ2) is 5.02. The molecule has 0 amide bonds. The van der Waals surface area contributed by atoms with Gasteiger partial charge in [0.15, 0.2) is 0 Å². The number of anilines is 1. The number of aliphatic hydroxyl groups is 1. The zero-order chi connectivity index (χ0) is 12.3. The van der Waals surface area contributed by atoms with Crippen LogP contribution in [0.4, 0.5) is 5.82 Å². The highest BCUT2D eigenvalue weighted by atomic mass is 16.3. The Morgan fingerprint density at radius 1 is 1.41 bits per heavy atom. The fraction of sp³-hybridized carbons (Fsp3) is 0.615. The minimum Gasteiger partial charge on any atom is -0.389 e. The molecule has 1 aliphatic rings. The van der Waals surface area contributed by atoms with Gasteiger partial charge in [-0.3, -0.25) is 4.90 Å². The maximum Gasteiger partial charge on any atom is 0.123 e. The summed E-state index contributed by atoms with van der Waals surface area (Å²) in [5.41, 5.74) is 6.20. The fourth-order valence-corrected chi connectivity index (χ4v) is 2.59. The molecule has 1 heterocycles. The molecule has 2 rings (SSSR count). The molecular weight excluding hydrogens is 214 g/mol. The summed E-state index contributed by atoms with van der Waals surface area (Å²) >= 11 is 0. The molecule has 4 nitrogen and oxygen atoms in total. The summed E-state index contributed by atoms with van der Waals surface area (Å²) in [6.45, 7) is 1.53. The van der Waals surface area contributed by atoms with E-state index in [0.29, 0.717) is 5.82 Å². The number of rotatable bonds is 4. The van der Waals surface area contributed by atoms with Crippen molar-refractivity contribution >= 4 is 5.82 Å². The van der Waals surface area contributed by atoms with Crippen LogP contribution in [0.15, 0.2) is 18.3 Å². The summed E-state index contributed by atoms with van der Waals surface area (Å²) in [5, 5.41) is 10.3. The molecule has 0 atom stereocenters. The molecule has 94 valence electrons. The van der Waals surface area contributed by atoms with Gasteiger partial charge in [0.05, 0.1) is 5.60 Å². The van der Waals surface area contributed by atoms with E-state index in [4.69, 9.17) is 5.73 Å². The molecule has 1 fully saturated rings. The van der Waals surface area contributed by atoms with Crippen LogP contribution in [0.2, 0.25) is 0 Å². The number of pyridine rings is 1. The predicted octanol–water partition coefficient (Wildman–Crippen LogP) is 1.40. The first kappa shape index (κ1) is 12.3. The predicted molar refractivity (Wildman–Crippen MR) is 68.4 cm³/mol. The van der Waals surface area contributed by atoms with Gasteiger partial charge in [-0.05, 0) is 31.5 Å². The summed E-state index contributed by atoms with van der Waals surface area (Å²) in [5.74, 6) is 0.547. The maximum absolute atomic E-state index is 10.3. The first-order chi connectivity index (χ1) is 8.07. The second-order valence-electron chi connectivity index (χ2n) is 5.20. The molecule has 17 heavy (non-hydrogen) atoms. The fourth-order valence-electron chi connectivity index (χ4n) is 2.59. The van der Waals surface area contributed by atoms with Crippen LogP contribution in [-0.2, 0) is 6.54 Å². The lowest BCUT2D eigenvalue weighted by atomic mass is 10.0. The minimum atomic E-state index is -0.476. The Morgan fingerprint density at radius 3 is 2.71 bits per heavy atom. The van der Waals surface area contributed by atoms with Gasteiger partial charge in [0.2, 0.25) is 0 Å². The van der Waals surface area contributed by atoms with Gasteiger partial charge in [-0.1, -0.05) is 18.9 Å². The molecule has 1 aromatic rings. The number of aromatic nitrogens is 1. The van der Waals surface area contributed by atoms with Gasteiger partial charge in [0.25, 0.3) is 0 Å². The van der Waals surface area contributed by atoms with Crippen LogP contribution in [0, 0.1) is 0 Å². The first-order valence-corrected chi connectivity index (χ1v) is 6.19. The normalized spacial score (nSPS) is 18.8. The first-order valence-electron chi connectivity index (χ1n) is 6.19. The number of nitrogens with zero attached hydrogens (tertiary/aromatic N) is 2. The molecule has 0 aliphatic heterocycles. The average molecular weight is 235 g/mol. The van der Waals surface area contributed by atoms with Crippen molar-refractivity contribution in [2.45, 2.75) is 37.8 Å². The van der Waals surface area contributed by atoms with E-state index in [1.807, 2.05) is 19.2 Å². The number of nitrogen functional groups attached to an aromatic ring is 1. The van der Waals surface area contributed by atoms with E-state index in [-0.39, 0.29) is 0 Å². The van der Waals surface area contributed by atoms with E-state index in [0.717, 1.165) is 44.3 Å². The van der Waals surface area contributed by atoms with Gasteiger partial charge in [0, 0.05) is 19.3 Å². The molecule has 0 unspecified atom stereocenters. The molecule has 1 saturated carbocycles. The third kappa shape index (κ3) is 3.41. The van der Waals surface area contributed by atoms with Gasteiger partial charge in [-0.25, -0.2) is 4.98 Å². The topological polar surface area (TPSA) is 62.4 Å². The van der Waals surface area contributed by atoms with Crippen molar-refractivity contribution in [3.8, 4) is 0 Å². The number of likely N-dealkylation sites (N-methyl/N-ethyl adjacent to an activating group) is 1. The van der Waals surface area contributed by atoms with E-state index in [1.54, 1.807) is 6.20 Å². The number of nitrogens with two attached hydrogens (primary N) is 1. The highest BCUT2D eigenvalue weighted by Crippen LogP contribution is 2.30. The molecule has 1 aliphatic carbocycles. The van der Waals surface area contributed by atoms with Gasteiger partial charge in [-0.2, -0.15) is 0 Å². The lowest BCUT2D eigenvalue weighted by molar-refractivity contribution is 0.0145. The zero-order valence-electron chi connectivity index (χ0n) is 10.4. The molecule has 4 heteroatoms. The maximum atomic E-state index is 10.3. The third-order valence-electron chi connectivity index (χ3n) is 3.40. The summed E-state index contributed by atoms with van der Waals surface area (Å²) in [4.78, 5) is 6.22. The van der Waals surface area contributed by atoms with Crippen LogP contribution >= 0.6 is 0 Å². The third-order valence-corrected chi connectivity index (χ3v) is 3.40. The Balaban J connectivity index is 1.88. The Hall–Kier alpha value is -1.13. The van der Waals surface area contributed by atoms with Crippen LogP contribution < -0.4 is 5.73 Å². The average Bonchev–Trinajstić information content (AvgIpc) is 2.68. The molecule has 1 aromatic heterocycles. The highest BCUT2D eigenvalue weighted by Gasteiger charge is 2.31. The Bertz CT molecular complexity index is 357. The van der Waals surface area contributed by atoms with E-state index in [1.165, 1.54) is 0 Å². The van der Waals surface area contributed by atoms with Crippen molar-refractivity contribution in [3.05, 3.63) is 23.9 Å². The highest BCUT2D eigenvalue weighted by molar-refractivity contribution is 5.29. The molecule has 0 radical (unpaired) electrons. The Kier molecular flexibility index (Phi) is 3.64. The summed E-state index contributed by atoms with van der Waals surface area (Å²) in [7, 11) is 2.03. The van der Waals surface area contributed by atoms with Gasteiger partial charge >= 0.3 is 0 Å². The SMILES string of the molecule is CN(Cc1ccc(N)nc1)CC1(O)CCCC1. The molecule has 0 saturated heterocycles. The lowest BCUT2D eigenvalue weighted by Gasteiger charge is -2.28. The van der Waals surface area contributed by atoms with E-state index in [9.17, 15) is 5.11 Å². The molecule has 0 bridgehead atoms. The lowest BCUT2D eigenvalue weighted by Crippen LogP contribution is -2.38.